The minimum absolute atomic E-state index is 0.111. The fourth-order valence-electron chi connectivity index (χ4n) is 2.81. The summed E-state index contributed by atoms with van der Waals surface area (Å²) in [6.45, 7) is 7.95. The van der Waals surface area contributed by atoms with Crippen molar-refractivity contribution in [3.63, 3.8) is 0 Å². The number of rotatable bonds is 5. The highest BCUT2D eigenvalue weighted by Gasteiger charge is 2.17. The van der Waals surface area contributed by atoms with Gasteiger partial charge in [-0.15, -0.1) is 0 Å². The lowest BCUT2D eigenvalue weighted by molar-refractivity contribution is 0.0935. The molecule has 2 aromatic carbocycles. The molecular weight excluding hydrogens is 334 g/mol. The van der Waals surface area contributed by atoms with Gasteiger partial charge in [0.05, 0.1) is 10.9 Å². The minimum atomic E-state index is -3.22. The third-order valence-electron chi connectivity index (χ3n) is 4.51. The van der Waals surface area contributed by atoms with Crippen molar-refractivity contribution >= 4 is 15.7 Å². The van der Waals surface area contributed by atoms with Crippen molar-refractivity contribution in [2.75, 3.05) is 6.26 Å². The quantitative estimate of drug-likeness (QED) is 0.881. The van der Waals surface area contributed by atoms with Crippen molar-refractivity contribution < 1.29 is 13.2 Å². The number of benzene rings is 2. The smallest absolute Gasteiger partial charge is 0.252 e. The molecule has 0 heterocycles. The van der Waals surface area contributed by atoms with Crippen LogP contribution >= 0.6 is 0 Å². The molecule has 0 fully saturated rings. The number of carbonyl (C=O) groups is 1. The van der Waals surface area contributed by atoms with E-state index in [0.717, 1.165) is 22.3 Å². The molecule has 134 valence electrons. The maximum Gasteiger partial charge on any atom is 0.252 e. The lowest BCUT2D eigenvalue weighted by atomic mass is 9.99. The minimum Gasteiger partial charge on any atom is -0.345 e. The molecule has 0 aliphatic rings. The molecule has 0 saturated carbocycles. The van der Waals surface area contributed by atoms with Crippen LogP contribution in [0.15, 0.2) is 41.3 Å². The molecule has 0 saturated heterocycles. The molecule has 1 atom stereocenters. The topological polar surface area (TPSA) is 63.2 Å². The summed E-state index contributed by atoms with van der Waals surface area (Å²) in [6, 6.07) is 10.5. The van der Waals surface area contributed by atoms with Crippen LogP contribution in [0, 0.1) is 20.8 Å². The molecule has 5 heteroatoms. The third-order valence-corrected chi connectivity index (χ3v) is 5.64. The summed E-state index contributed by atoms with van der Waals surface area (Å²) in [6.07, 6.45) is 1.90. The van der Waals surface area contributed by atoms with Crippen molar-refractivity contribution in [2.24, 2.45) is 0 Å². The molecular formula is C20H25NO3S. The Kier molecular flexibility index (Phi) is 5.68. The third kappa shape index (κ3) is 4.48. The van der Waals surface area contributed by atoms with Crippen LogP contribution in [0.3, 0.4) is 0 Å². The van der Waals surface area contributed by atoms with Crippen LogP contribution in [0.1, 0.15) is 52.0 Å². The number of carbonyl (C=O) groups excluding carboxylic acids is 1. The van der Waals surface area contributed by atoms with Crippen LogP contribution in [0.2, 0.25) is 0 Å². The second-order valence-corrected chi connectivity index (χ2v) is 8.54. The molecule has 1 N–H and O–H groups in total. The maximum absolute atomic E-state index is 12.7. The van der Waals surface area contributed by atoms with Crippen molar-refractivity contribution in [1.29, 1.82) is 0 Å². The Morgan fingerprint density at radius 3 is 2.08 bits per heavy atom. The molecule has 1 amide bonds. The number of hydrogen-bond acceptors (Lipinski definition) is 3. The summed E-state index contributed by atoms with van der Waals surface area (Å²) < 4.78 is 23.1. The van der Waals surface area contributed by atoms with Crippen LogP contribution in [-0.2, 0) is 9.84 Å². The molecule has 0 aliphatic carbocycles. The van der Waals surface area contributed by atoms with E-state index in [0.29, 0.717) is 12.0 Å². The molecule has 0 aromatic heterocycles. The van der Waals surface area contributed by atoms with Gasteiger partial charge in [0.15, 0.2) is 9.84 Å². The Labute approximate surface area is 150 Å². The van der Waals surface area contributed by atoms with E-state index >= 15 is 0 Å². The number of amides is 1. The summed E-state index contributed by atoms with van der Waals surface area (Å²) in [5.74, 6) is -0.111. The Morgan fingerprint density at radius 1 is 1.00 bits per heavy atom. The van der Waals surface area contributed by atoms with Crippen molar-refractivity contribution in [1.82, 2.24) is 5.32 Å². The summed E-state index contributed by atoms with van der Waals surface area (Å²) in [4.78, 5) is 13.0. The summed E-state index contributed by atoms with van der Waals surface area (Å²) in [5, 5.41) is 3.06. The highest BCUT2D eigenvalue weighted by molar-refractivity contribution is 7.90. The van der Waals surface area contributed by atoms with E-state index < -0.39 is 9.84 Å². The lowest BCUT2D eigenvalue weighted by Crippen LogP contribution is -2.28. The van der Waals surface area contributed by atoms with Crippen LogP contribution in [0.25, 0.3) is 0 Å². The second kappa shape index (κ2) is 7.40. The summed E-state index contributed by atoms with van der Waals surface area (Å²) in [7, 11) is -3.22. The van der Waals surface area contributed by atoms with Gasteiger partial charge >= 0.3 is 0 Å². The Hall–Kier alpha value is -2.14. The average molecular weight is 359 g/mol. The van der Waals surface area contributed by atoms with Crippen LogP contribution < -0.4 is 5.32 Å². The first kappa shape index (κ1) is 19.2. The highest BCUT2D eigenvalue weighted by Crippen LogP contribution is 2.21. The Morgan fingerprint density at radius 2 is 1.56 bits per heavy atom. The van der Waals surface area contributed by atoms with E-state index in [4.69, 9.17) is 0 Å². The van der Waals surface area contributed by atoms with Gasteiger partial charge in [0.1, 0.15) is 0 Å². The van der Waals surface area contributed by atoms with E-state index in [1.165, 1.54) is 6.26 Å². The van der Waals surface area contributed by atoms with Crippen LogP contribution in [0.5, 0.6) is 0 Å². The number of nitrogens with one attached hydrogen (secondary N) is 1. The first-order valence-electron chi connectivity index (χ1n) is 8.32. The van der Waals surface area contributed by atoms with Crippen LogP contribution in [0.4, 0.5) is 0 Å². The molecule has 0 unspecified atom stereocenters. The predicted molar refractivity (Wildman–Crippen MR) is 101 cm³/mol. The van der Waals surface area contributed by atoms with Gasteiger partial charge in [-0.05, 0) is 67.6 Å². The van der Waals surface area contributed by atoms with Crippen molar-refractivity contribution in [2.45, 2.75) is 45.1 Å². The highest BCUT2D eigenvalue weighted by atomic mass is 32.2. The normalized spacial score (nSPS) is 12.7. The first-order valence-corrected chi connectivity index (χ1v) is 10.2. The van der Waals surface area contributed by atoms with Gasteiger partial charge in [-0.1, -0.05) is 25.1 Å². The van der Waals surface area contributed by atoms with Gasteiger partial charge in [-0.25, -0.2) is 8.42 Å². The van der Waals surface area contributed by atoms with E-state index in [2.05, 4.69) is 5.32 Å². The zero-order valence-corrected chi connectivity index (χ0v) is 16.2. The number of aryl methyl sites for hydroxylation is 3. The van der Waals surface area contributed by atoms with E-state index in [9.17, 15) is 13.2 Å². The lowest BCUT2D eigenvalue weighted by Gasteiger charge is -2.19. The fourth-order valence-corrected chi connectivity index (χ4v) is 3.44. The monoisotopic (exact) mass is 359 g/mol. The van der Waals surface area contributed by atoms with Gasteiger partial charge in [-0.3, -0.25) is 4.79 Å². The first-order chi connectivity index (χ1) is 11.6. The summed E-state index contributed by atoms with van der Waals surface area (Å²) in [5.41, 5.74) is 4.76. The molecule has 0 spiro atoms. The van der Waals surface area contributed by atoms with Crippen LogP contribution in [-0.4, -0.2) is 20.6 Å². The second-order valence-electron chi connectivity index (χ2n) is 6.53. The van der Waals surface area contributed by atoms with Gasteiger partial charge in [-0.2, -0.15) is 0 Å². The molecule has 25 heavy (non-hydrogen) atoms. The zero-order valence-electron chi connectivity index (χ0n) is 15.4. The molecule has 0 bridgehead atoms. The standard InChI is InChI=1S/C20H25NO3S/c1-6-19(16-7-9-17(10-8-16)25(5,23)24)21-20(22)18-12-14(3)13(2)11-15(18)4/h7-12,19H,6H2,1-5H3,(H,21,22)/t19-/m0/s1. The van der Waals surface area contributed by atoms with Gasteiger partial charge in [0.2, 0.25) is 0 Å². The molecule has 0 aliphatic heterocycles. The Bertz CT molecular complexity index is 884. The summed E-state index contributed by atoms with van der Waals surface area (Å²) >= 11 is 0. The Balaban J connectivity index is 2.25. The fraction of sp³-hybridized carbons (Fsp3) is 0.350. The molecule has 2 rings (SSSR count). The molecule has 0 radical (unpaired) electrons. The van der Waals surface area contributed by atoms with Gasteiger partial charge < -0.3 is 5.32 Å². The SMILES string of the molecule is CC[C@H](NC(=O)c1cc(C)c(C)cc1C)c1ccc(S(C)(=O)=O)cc1. The predicted octanol–water partition coefficient (Wildman–Crippen LogP) is 3.90. The van der Waals surface area contributed by atoms with Gasteiger partial charge in [0.25, 0.3) is 5.91 Å². The molecule has 2 aromatic rings. The number of hydrogen-bond donors (Lipinski definition) is 1. The molecule has 4 nitrogen and oxygen atoms in total. The number of sulfone groups is 1. The largest absolute Gasteiger partial charge is 0.345 e. The van der Waals surface area contributed by atoms with E-state index in [1.54, 1.807) is 24.3 Å². The van der Waals surface area contributed by atoms with E-state index in [-0.39, 0.29) is 16.8 Å². The van der Waals surface area contributed by atoms with Crippen molar-refractivity contribution in [3.05, 3.63) is 64.2 Å². The van der Waals surface area contributed by atoms with Gasteiger partial charge in [0, 0.05) is 11.8 Å². The zero-order chi connectivity index (χ0) is 18.8. The van der Waals surface area contributed by atoms with E-state index in [1.807, 2.05) is 39.8 Å². The van der Waals surface area contributed by atoms with Crippen molar-refractivity contribution in [3.8, 4) is 0 Å². The average Bonchev–Trinajstić information content (AvgIpc) is 2.55. The maximum atomic E-state index is 12.7.